The molecular formula is C50H60FeP2. The van der Waals surface area contributed by atoms with E-state index < -0.39 is 15.8 Å². The molecule has 278 valence electrons. The number of hydrogen-bond donors (Lipinski definition) is 0. The Hall–Kier alpha value is -3.04. The molecule has 0 amide bonds. The predicted octanol–water partition coefficient (Wildman–Crippen LogP) is 11.7. The van der Waals surface area contributed by atoms with Gasteiger partial charge in [0.25, 0.3) is 0 Å². The van der Waals surface area contributed by atoms with Gasteiger partial charge in [-0.3, -0.25) is 0 Å². The van der Waals surface area contributed by atoms with Crippen molar-refractivity contribution >= 4 is 47.7 Å². The van der Waals surface area contributed by atoms with Crippen LogP contribution in [0, 0.1) is 0 Å². The number of aryl methyl sites for hydroxylation is 4. The van der Waals surface area contributed by atoms with E-state index in [1.807, 2.05) is 0 Å². The van der Waals surface area contributed by atoms with Crippen molar-refractivity contribution in [1.29, 1.82) is 0 Å². The Labute approximate surface area is 335 Å². The molecule has 0 aliphatic rings. The molecular weight excluding hydrogens is 718 g/mol. The molecule has 0 aromatic heterocycles. The smallest absolute Gasteiger partial charge is 0.213 e. The molecule has 0 nitrogen and oxygen atoms in total. The van der Waals surface area contributed by atoms with Crippen molar-refractivity contribution in [3.05, 3.63) is 168 Å². The summed E-state index contributed by atoms with van der Waals surface area (Å²) >= 11 is 0. The van der Waals surface area contributed by atoms with Crippen LogP contribution < -0.4 is 31.8 Å². The standard InChI is InChI=1S/2C25H30P.Fe/c2*1-3-5-13-21-15-7-11-19-24(21)26(23-17-9-10-18-23)25-20-12-8-16-22(25)14-6-4-2;/h2*7-12,15-20H,3-6,13-14H2,1-2H3;/q2*-1;+2. The maximum Gasteiger partial charge on any atom is 2.00 e. The van der Waals surface area contributed by atoms with Crippen LogP contribution in [-0.4, -0.2) is 0 Å². The minimum atomic E-state index is -0.484. The summed E-state index contributed by atoms with van der Waals surface area (Å²) in [4.78, 5) is 0. The molecule has 0 bridgehead atoms. The van der Waals surface area contributed by atoms with Gasteiger partial charge in [0.15, 0.2) is 0 Å². The van der Waals surface area contributed by atoms with E-state index >= 15 is 0 Å². The first-order chi connectivity index (χ1) is 25.7. The summed E-state index contributed by atoms with van der Waals surface area (Å²) in [5.74, 6) is 0. The van der Waals surface area contributed by atoms with Crippen LogP contribution in [0.2, 0.25) is 0 Å². The Balaban J connectivity index is 0.000000232. The molecule has 0 saturated carbocycles. The Kier molecular flexibility index (Phi) is 19.1. The van der Waals surface area contributed by atoms with E-state index in [0.717, 1.165) is 0 Å². The van der Waals surface area contributed by atoms with Gasteiger partial charge in [-0.1, -0.05) is 150 Å². The average Bonchev–Trinajstić information content (AvgIpc) is 3.93. The summed E-state index contributed by atoms with van der Waals surface area (Å²) in [6.07, 6.45) is 14.8. The summed E-state index contributed by atoms with van der Waals surface area (Å²) in [6, 6.07) is 54.6. The molecule has 0 unspecified atom stereocenters. The first kappa shape index (κ1) is 42.7. The Bertz CT molecular complexity index is 1610. The van der Waals surface area contributed by atoms with Crippen LogP contribution in [0.4, 0.5) is 0 Å². The van der Waals surface area contributed by atoms with Crippen molar-refractivity contribution in [2.45, 2.75) is 105 Å². The molecule has 0 radical (unpaired) electrons. The number of unbranched alkanes of at least 4 members (excludes halogenated alkanes) is 4. The van der Waals surface area contributed by atoms with Crippen LogP contribution in [0.3, 0.4) is 0 Å². The molecule has 6 rings (SSSR count). The molecule has 0 spiro atoms. The van der Waals surface area contributed by atoms with Gasteiger partial charge in [-0.2, -0.15) is 24.3 Å². The van der Waals surface area contributed by atoms with E-state index in [1.54, 1.807) is 21.2 Å². The van der Waals surface area contributed by atoms with Gasteiger partial charge in [0, 0.05) is 0 Å². The molecule has 0 N–H and O–H groups in total. The molecule has 53 heavy (non-hydrogen) atoms. The second kappa shape index (κ2) is 23.7. The van der Waals surface area contributed by atoms with Crippen LogP contribution >= 0.6 is 15.8 Å². The average molecular weight is 779 g/mol. The molecule has 3 heteroatoms. The quantitative estimate of drug-likeness (QED) is 0.0463. The van der Waals surface area contributed by atoms with Gasteiger partial charge in [-0.25, -0.2) is 24.3 Å². The fraction of sp³-hybridized carbons (Fsp3) is 0.320. The van der Waals surface area contributed by atoms with Crippen molar-refractivity contribution in [2.24, 2.45) is 0 Å². The summed E-state index contributed by atoms with van der Waals surface area (Å²) < 4.78 is 0. The van der Waals surface area contributed by atoms with E-state index in [0.29, 0.717) is 0 Å². The van der Waals surface area contributed by atoms with E-state index in [1.165, 1.54) is 110 Å². The SMILES string of the molecule is CCCCc1ccccc1P(c1ccc[cH-]1)c1ccccc1CCCC.CCCCc1ccccc1P(c1ccc[cH-]1)c1ccccc1CCCC.[Fe+2]. The zero-order valence-corrected chi connectivity index (χ0v) is 35.5. The normalized spacial score (nSPS) is 11.0. The second-order valence-electron chi connectivity index (χ2n) is 13.9. The fourth-order valence-corrected chi connectivity index (χ4v) is 12.5. The van der Waals surface area contributed by atoms with Crippen molar-refractivity contribution < 1.29 is 17.1 Å². The van der Waals surface area contributed by atoms with Gasteiger partial charge in [-0.05, 0) is 111 Å². The van der Waals surface area contributed by atoms with E-state index in [9.17, 15) is 0 Å². The third kappa shape index (κ3) is 12.0. The first-order valence-electron chi connectivity index (χ1n) is 20.0. The Morgan fingerprint density at radius 3 is 0.849 bits per heavy atom. The predicted molar refractivity (Wildman–Crippen MR) is 236 cm³/mol. The molecule has 0 atom stereocenters. The zero-order chi connectivity index (χ0) is 36.4. The summed E-state index contributed by atoms with van der Waals surface area (Å²) in [5, 5.41) is 9.15. The van der Waals surface area contributed by atoms with Crippen molar-refractivity contribution in [2.75, 3.05) is 0 Å². The first-order valence-corrected chi connectivity index (χ1v) is 22.7. The monoisotopic (exact) mass is 778 g/mol. The van der Waals surface area contributed by atoms with Gasteiger partial charge in [0.1, 0.15) is 0 Å². The van der Waals surface area contributed by atoms with Crippen LogP contribution in [0.25, 0.3) is 0 Å². The third-order valence-electron chi connectivity index (χ3n) is 9.94. The Morgan fingerprint density at radius 2 is 0.623 bits per heavy atom. The molecule has 0 fully saturated rings. The van der Waals surface area contributed by atoms with Gasteiger partial charge < -0.3 is 0 Å². The Morgan fingerprint density at radius 1 is 0.358 bits per heavy atom. The van der Waals surface area contributed by atoms with Crippen molar-refractivity contribution in [3.8, 4) is 0 Å². The van der Waals surface area contributed by atoms with E-state index in [-0.39, 0.29) is 17.1 Å². The van der Waals surface area contributed by atoms with Gasteiger partial charge in [0.05, 0.1) is 0 Å². The second-order valence-corrected chi connectivity index (χ2v) is 18.2. The van der Waals surface area contributed by atoms with Crippen LogP contribution in [0.5, 0.6) is 0 Å². The number of benzene rings is 4. The minimum absolute atomic E-state index is 0. The van der Waals surface area contributed by atoms with Crippen LogP contribution in [-0.2, 0) is 42.8 Å². The molecule has 0 heterocycles. The van der Waals surface area contributed by atoms with Crippen LogP contribution in [0.1, 0.15) is 101 Å². The maximum absolute atomic E-state index is 2.38. The number of hydrogen-bond acceptors (Lipinski definition) is 0. The molecule has 0 aliphatic carbocycles. The van der Waals surface area contributed by atoms with Gasteiger partial charge in [0.2, 0.25) is 0 Å². The van der Waals surface area contributed by atoms with Gasteiger partial charge in [-0.15, -0.1) is 10.6 Å². The zero-order valence-electron chi connectivity index (χ0n) is 32.6. The minimum Gasteiger partial charge on any atom is -0.213 e. The van der Waals surface area contributed by atoms with E-state index in [2.05, 4.69) is 173 Å². The third-order valence-corrected chi connectivity index (χ3v) is 15.2. The van der Waals surface area contributed by atoms with Crippen LogP contribution in [0.15, 0.2) is 146 Å². The summed E-state index contributed by atoms with van der Waals surface area (Å²) in [5.41, 5.74) is 6.14. The molecule has 6 aromatic rings. The number of rotatable bonds is 18. The molecule has 6 aromatic carbocycles. The fourth-order valence-electron chi connectivity index (χ4n) is 7.07. The summed E-state index contributed by atoms with van der Waals surface area (Å²) in [6.45, 7) is 9.12. The van der Waals surface area contributed by atoms with Crippen molar-refractivity contribution in [3.63, 3.8) is 0 Å². The largest absolute Gasteiger partial charge is 2.00 e. The molecule has 0 saturated heterocycles. The maximum atomic E-state index is 2.38. The van der Waals surface area contributed by atoms with Gasteiger partial charge >= 0.3 is 17.1 Å². The summed E-state index contributed by atoms with van der Waals surface area (Å²) in [7, 11) is -0.967. The molecule has 0 aliphatic heterocycles. The topological polar surface area (TPSA) is 0 Å². The van der Waals surface area contributed by atoms with E-state index in [4.69, 9.17) is 0 Å². The van der Waals surface area contributed by atoms with Crippen molar-refractivity contribution in [1.82, 2.24) is 0 Å².